The standard InChI is InChI=1S/C31H38FN3O6S/c1-6-7-17-33-31(37)23(3)34(20-24-10-8-9-22(2)18-24)30(36)21-35(26-13-11-25(32)12-14-26)42(38,39)27-15-16-28(40-4)29(19-27)41-5/h8-16,18-19,23H,6-7,17,20-21H2,1-5H3,(H,33,37)/t23-/m0/s1. The van der Waals surface area contributed by atoms with Crippen molar-refractivity contribution in [3.63, 3.8) is 0 Å². The molecule has 0 aliphatic carbocycles. The normalized spacial score (nSPS) is 11.9. The molecule has 1 atom stereocenters. The van der Waals surface area contributed by atoms with Gasteiger partial charge in [0.05, 0.1) is 24.8 Å². The van der Waals surface area contributed by atoms with Crippen molar-refractivity contribution in [2.75, 3.05) is 31.6 Å². The minimum Gasteiger partial charge on any atom is -0.493 e. The Balaban J connectivity index is 2.04. The van der Waals surface area contributed by atoms with Gasteiger partial charge in [0.25, 0.3) is 10.0 Å². The second-order valence-corrected chi connectivity index (χ2v) is 11.7. The van der Waals surface area contributed by atoms with E-state index >= 15 is 0 Å². The van der Waals surface area contributed by atoms with Gasteiger partial charge in [-0.25, -0.2) is 12.8 Å². The highest BCUT2D eigenvalue weighted by atomic mass is 32.2. The van der Waals surface area contributed by atoms with E-state index < -0.39 is 34.3 Å². The van der Waals surface area contributed by atoms with E-state index in [9.17, 15) is 22.4 Å². The van der Waals surface area contributed by atoms with E-state index in [1.54, 1.807) is 6.92 Å². The largest absolute Gasteiger partial charge is 0.493 e. The molecule has 0 spiro atoms. The lowest BCUT2D eigenvalue weighted by molar-refractivity contribution is -0.139. The minimum atomic E-state index is -4.37. The predicted octanol–water partition coefficient (Wildman–Crippen LogP) is 4.68. The number of ether oxygens (including phenoxy) is 2. The van der Waals surface area contributed by atoms with E-state index in [-0.39, 0.29) is 28.8 Å². The van der Waals surface area contributed by atoms with E-state index in [1.165, 1.54) is 49.5 Å². The molecule has 9 nitrogen and oxygen atoms in total. The second kappa shape index (κ2) is 14.7. The van der Waals surface area contributed by atoms with Crippen LogP contribution in [0, 0.1) is 12.7 Å². The number of methoxy groups -OCH3 is 2. The first kappa shape index (κ1) is 32.4. The van der Waals surface area contributed by atoms with Crippen molar-refractivity contribution in [2.24, 2.45) is 0 Å². The maximum atomic E-state index is 14.0. The molecule has 0 fully saturated rings. The molecular weight excluding hydrogens is 561 g/mol. The number of halogens is 1. The first-order chi connectivity index (χ1) is 20.0. The number of amides is 2. The van der Waals surface area contributed by atoms with Crippen molar-refractivity contribution in [1.29, 1.82) is 0 Å². The summed E-state index contributed by atoms with van der Waals surface area (Å²) in [4.78, 5) is 28.2. The Morgan fingerprint density at radius 3 is 2.29 bits per heavy atom. The number of nitrogens with zero attached hydrogens (tertiary/aromatic N) is 2. The Hall–Kier alpha value is -4.12. The van der Waals surface area contributed by atoms with Gasteiger partial charge in [-0.15, -0.1) is 0 Å². The molecule has 3 aromatic rings. The summed E-state index contributed by atoms with van der Waals surface area (Å²) in [5.41, 5.74) is 1.84. The number of nitrogens with one attached hydrogen (secondary N) is 1. The van der Waals surface area contributed by atoms with Crippen LogP contribution in [0.1, 0.15) is 37.8 Å². The lowest BCUT2D eigenvalue weighted by Gasteiger charge is -2.32. The van der Waals surface area contributed by atoms with E-state index in [2.05, 4.69) is 5.32 Å². The first-order valence-electron chi connectivity index (χ1n) is 13.6. The summed E-state index contributed by atoms with van der Waals surface area (Å²) in [6.45, 7) is 5.44. The molecule has 0 bridgehead atoms. The molecule has 2 amide bonds. The average Bonchev–Trinajstić information content (AvgIpc) is 2.98. The van der Waals surface area contributed by atoms with Crippen LogP contribution < -0.4 is 19.1 Å². The predicted molar refractivity (Wildman–Crippen MR) is 160 cm³/mol. The fraction of sp³-hybridized carbons (Fsp3) is 0.355. The van der Waals surface area contributed by atoms with Crippen LogP contribution in [0.4, 0.5) is 10.1 Å². The smallest absolute Gasteiger partial charge is 0.264 e. The zero-order chi connectivity index (χ0) is 30.9. The Kier molecular flexibility index (Phi) is 11.3. The monoisotopic (exact) mass is 599 g/mol. The molecule has 1 N–H and O–H groups in total. The van der Waals surface area contributed by atoms with Crippen LogP contribution in [0.25, 0.3) is 0 Å². The number of unbranched alkanes of at least 4 members (excludes halogenated alkanes) is 1. The molecule has 42 heavy (non-hydrogen) atoms. The molecule has 226 valence electrons. The summed E-state index contributed by atoms with van der Waals surface area (Å²) in [7, 11) is -1.56. The molecule has 11 heteroatoms. The lowest BCUT2D eigenvalue weighted by Crippen LogP contribution is -2.51. The molecule has 0 unspecified atom stereocenters. The Bertz CT molecular complexity index is 1480. The van der Waals surface area contributed by atoms with E-state index in [0.29, 0.717) is 12.3 Å². The molecule has 0 aliphatic rings. The van der Waals surface area contributed by atoms with E-state index in [4.69, 9.17) is 9.47 Å². The number of rotatable bonds is 14. The fourth-order valence-corrected chi connectivity index (χ4v) is 5.80. The molecular formula is C31H38FN3O6S. The summed E-state index contributed by atoms with van der Waals surface area (Å²) in [5.74, 6) is -1.01. The molecule has 0 aromatic heterocycles. The van der Waals surface area contributed by atoms with Gasteiger partial charge in [-0.05, 0) is 62.2 Å². The maximum Gasteiger partial charge on any atom is 0.264 e. The number of hydrogen-bond acceptors (Lipinski definition) is 6. The van der Waals surface area contributed by atoms with Gasteiger partial charge < -0.3 is 19.7 Å². The lowest BCUT2D eigenvalue weighted by atomic mass is 10.1. The maximum absolute atomic E-state index is 14.0. The van der Waals surface area contributed by atoms with Gasteiger partial charge in [0.1, 0.15) is 18.4 Å². The van der Waals surface area contributed by atoms with Gasteiger partial charge >= 0.3 is 0 Å². The fourth-order valence-electron chi connectivity index (χ4n) is 4.37. The summed E-state index contributed by atoms with van der Waals surface area (Å²) < 4.78 is 53.3. The van der Waals surface area contributed by atoms with Crippen molar-refractivity contribution < 1.29 is 31.9 Å². The van der Waals surface area contributed by atoms with Gasteiger partial charge in [0.15, 0.2) is 11.5 Å². The highest BCUT2D eigenvalue weighted by Crippen LogP contribution is 2.32. The zero-order valence-corrected chi connectivity index (χ0v) is 25.4. The summed E-state index contributed by atoms with van der Waals surface area (Å²) in [6.07, 6.45) is 1.67. The van der Waals surface area contributed by atoms with Gasteiger partial charge in [0.2, 0.25) is 11.8 Å². The van der Waals surface area contributed by atoms with Crippen LogP contribution in [-0.2, 0) is 26.2 Å². The number of carbonyl (C=O) groups is 2. The van der Waals surface area contributed by atoms with E-state index in [0.717, 1.165) is 40.4 Å². The Labute approximate surface area is 247 Å². The first-order valence-corrected chi connectivity index (χ1v) is 15.1. The van der Waals surface area contributed by atoms with Crippen molar-refractivity contribution in [2.45, 2.75) is 51.1 Å². The zero-order valence-electron chi connectivity index (χ0n) is 24.6. The van der Waals surface area contributed by atoms with Gasteiger partial charge in [-0.1, -0.05) is 43.2 Å². The topological polar surface area (TPSA) is 105 Å². The van der Waals surface area contributed by atoms with Gasteiger partial charge in [-0.2, -0.15) is 0 Å². The average molecular weight is 600 g/mol. The van der Waals surface area contributed by atoms with Crippen LogP contribution in [0.15, 0.2) is 71.6 Å². The number of sulfonamides is 1. The quantitative estimate of drug-likeness (QED) is 0.270. The number of carbonyl (C=O) groups excluding carboxylic acids is 2. The third-order valence-electron chi connectivity index (χ3n) is 6.77. The van der Waals surface area contributed by atoms with Crippen molar-refractivity contribution >= 4 is 27.5 Å². The van der Waals surface area contributed by atoms with Crippen LogP contribution in [0.3, 0.4) is 0 Å². The van der Waals surface area contributed by atoms with Gasteiger partial charge in [0, 0.05) is 19.2 Å². The van der Waals surface area contributed by atoms with Crippen molar-refractivity contribution in [3.05, 3.63) is 83.7 Å². The summed E-state index contributed by atoms with van der Waals surface area (Å²) in [5, 5.41) is 2.85. The van der Waals surface area contributed by atoms with Crippen LogP contribution >= 0.6 is 0 Å². The highest BCUT2D eigenvalue weighted by molar-refractivity contribution is 7.92. The molecule has 0 aliphatic heterocycles. The summed E-state index contributed by atoms with van der Waals surface area (Å²) >= 11 is 0. The molecule has 0 saturated heterocycles. The third kappa shape index (κ3) is 8.00. The Morgan fingerprint density at radius 2 is 1.67 bits per heavy atom. The number of aryl methyl sites for hydroxylation is 1. The van der Waals surface area contributed by atoms with Crippen molar-refractivity contribution in [3.8, 4) is 11.5 Å². The van der Waals surface area contributed by atoms with Crippen molar-refractivity contribution in [1.82, 2.24) is 10.2 Å². The summed E-state index contributed by atoms with van der Waals surface area (Å²) in [6, 6.07) is 15.5. The van der Waals surface area contributed by atoms with E-state index in [1.807, 2.05) is 38.1 Å². The SMILES string of the molecule is CCCCNC(=O)[C@H](C)N(Cc1cccc(C)c1)C(=O)CN(c1ccc(F)cc1)S(=O)(=O)c1ccc(OC)c(OC)c1. The number of benzene rings is 3. The van der Waals surface area contributed by atoms with Crippen LogP contribution in [-0.4, -0.2) is 58.5 Å². The third-order valence-corrected chi connectivity index (χ3v) is 8.54. The van der Waals surface area contributed by atoms with Gasteiger partial charge in [-0.3, -0.25) is 13.9 Å². The second-order valence-electron chi connectivity index (χ2n) is 9.84. The van der Waals surface area contributed by atoms with Crippen LogP contribution in [0.5, 0.6) is 11.5 Å². The molecule has 0 radical (unpaired) electrons. The number of anilines is 1. The molecule has 3 rings (SSSR count). The highest BCUT2D eigenvalue weighted by Gasteiger charge is 2.33. The minimum absolute atomic E-state index is 0.0788. The van der Waals surface area contributed by atoms with Crippen LogP contribution in [0.2, 0.25) is 0 Å². The molecule has 0 heterocycles. The Morgan fingerprint density at radius 1 is 0.976 bits per heavy atom. The number of hydrogen-bond donors (Lipinski definition) is 1. The molecule has 0 saturated carbocycles. The molecule has 3 aromatic carbocycles.